The third-order valence-electron chi connectivity index (χ3n) is 4.64. The number of carboxylic acid groups (broad SMARTS) is 1. The minimum Gasteiger partial charge on any atom is -0.465 e. The minimum absolute atomic E-state index is 0.0692. The van der Waals surface area contributed by atoms with Gasteiger partial charge in [-0.3, -0.25) is 0 Å². The second-order valence-electron chi connectivity index (χ2n) is 7.43. The molecule has 2 aromatic rings. The molecule has 1 amide bonds. The Labute approximate surface area is 145 Å². The lowest BCUT2D eigenvalue weighted by atomic mass is 9.74. The van der Waals surface area contributed by atoms with Crippen LogP contribution in [0.3, 0.4) is 0 Å². The average molecular weight is 352 g/mol. The highest BCUT2D eigenvalue weighted by atomic mass is 35.5. The minimum atomic E-state index is -0.852. The van der Waals surface area contributed by atoms with Gasteiger partial charge in [-0.1, -0.05) is 20.8 Å². The summed E-state index contributed by atoms with van der Waals surface area (Å²) in [6.07, 6.45) is 4.34. The van der Waals surface area contributed by atoms with Gasteiger partial charge in [-0.25, -0.2) is 14.5 Å². The normalized spacial score (nSPS) is 22.1. The number of nitrogens with zero attached hydrogens (tertiary/aromatic N) is 5. The smallest absolute Gasteiger partial charge is 0.407 e. The van der Waals surface area contributed by atoms with Gasteiger partial charge in [-0.15, -0.1) is 0 Å². The van der Waals surface area contributed by atoms with Crippen molar-refractivity contribution in [1.82, 2.24) is 24.6 Å². The fourth-order valence-electron chi connectivity index (χ4n) is 3.86. The van der Waals surface area contributed by atoms with Crippen LogP contribution in [0, 0.1) is 11.3 Å². The van der Waals surface area contributed by atoms with Gasteiger partial charge < -0.3 is 10.0 Å². The monoisotopic (exact) mass is 351 g/mol. The quantitative estimate of drug-likeness (QED) is 0.839. The van der Waals surface area contributed by atoms with Crippen LogP contribution in [-0.4, -0.2) is 48.4 Å². The van der Waals surface area contributed by atoms with Crippen molar-refractivity contribution in [2.75, 3.05) is 6.54 Å². The zero-order valence-corrected chi connectivity index (χ0v) is 14.9. The Balaban J connectivity index is 1.93. The van der Waals surface area contributed by atoms with E-state index in [0.29, 0.717) is 18.7 Å². The molecule has 0 saturated carbocycles. The summed E-state index contributed by atoms with van der Waals surface area (Å²) >= 11 is 5.91. The highest BCUT2D eigenvalue weighted by Crippen LogP contribution is 2.37. The molecule has 2 atom stereocenters. The summed E-state index contributed by atoms with van der Waals surface area (Å²) in [4.78, 5) is 21.5. The van der Waals surface area contributed by atoms with Crippen LogP contribution >= 0.6 is 11.6 Å². The molecule has 1 aliphatic rings. The number of piperidine rings is 1. The van der Waals surface area contributed by atoms with Crippen LogP contribution in [0.5, 0.6) is 0 Å². The summed E-state index contributed by atoms with van der Waals surface area (Å²) < 4.78 is 1.82. The van der Waals surface area contributed by atoms with Crippen molar-refractivity contribution in [3.8, 4) is 0 Å². The van der Waals surface area contributed by atoms with E-state index in [2.05, 4.69) is 35.8 Å². The van der Waals surface area contributed by atoms with Crippen LogP contribution in [0.2, 0.25) is 5.28 Å². The van der Waals surface area contributed by atoms with Crippen LogP contribution in [0.4, 0.5) is 4.79 Å². The van der Waals surface area contributed by atoms with E-state index < -0.39 is 6.09 Å². The van der Waals surface area contributed by atoms with E-state index in [1.54, 1.807) is 17.3 Å². The van der Waals surface area contributed by atoms with Gasteiger partial charge in [-0.05, 0) is 35.8 Å². The fourth-order valence-corrected chi connectivity index (χ4v) is 3.99. The zero-order chi connectivity index (χ0) is 17.5. The predicted octanol–water partition coefficient (Wildman–Crippen LogP) is 3.28. The van der Waals surface area contributed by atoms with Crippen molar-refractivity contribution in [1.29, 1.82) is 0 Å². The Morgan fingerprint density at radius 1 is 1.42 bits per heavy atom. The second-order valence-corrected chi connectivity index (χ2v) is 7.77. The van der Waals surface area contributed by atoms with E-state index >= 15 is 0 Å². The summed E-state index contributed by atoms with van der Waals surface area (Å²) in [5.41, 5.74) is 0.536. The molecular formula is C16H22ClN5O2. The lowest BCUT2D eigenvalue weighted by Gasteiger charge is -2.46. The Hall–Kier alpha value is -1.89. The molecule has 0 spiro atoms. The van der Waals surface area contributed by atoms with Crippen LogP contribution in [-0.2, 0) is 6.54 Å². The van der Waals surface area contributed by atoms with E-state index in [1.165, 1.54) is 0 Å². The van der Waals surface area contributed by atoms with E-state index in [-0.39, 0.29) is 22.7 Å². The zero-order valence-electron chi connectivity index (χ0n) is 14.1. The molecule has 130 valence electrons. The molecule has 0 radical (unpaired) electrons. The third-order valence-corrected chi connectivity index (χ3v) is 4.83. The molecule has 0 bridgehead atoms. The molecule has 1 N–H and O–H groups in total. The molecule has 24 heavy (non-hydrogen) atoms. The fraction of sp³-hybridized carbons (Fsp3) is 0.625. The summed E-state index contributed by atoms with van der Waals surface area (Å²) in [5.74, 6) is 0.173. The third kappa shape index (κ3) is 3.17. The Morgan fingerprint density at radius 3 is 2.83 bits per heavy atom. The van der Waals surface area contributed by atoms with Crippen LogP contribution in [0.1, 0.15) is 33.6 Å². The van der Waals surface area contributed by atoms with Gasteiger partial charge in [0.05, 0.1) is 11.6 Å². The summed E-state index contributed by atoms with van der Waals surface area (Å²) in [7, 11) is 0. The first kappa shape index (κ1) is 17.0. The number of rotatable bonds is 2. The highest BCUT2D eigenvalue weighted by molar-refractivity contribution is 6.28. The maximum Gasteiger partial charge on any atom is 0.407 e. The molecule has 1 fully saturated rings. The van der Waals surface area contributed by atoms with Gasteiger partial charge in [0.25, 0.3) is 0 Å². The van der Waals surface area contributed by atoms with Crippen molar-refractivity contribution >= 4 is 28.7 Å². The maximum atomic E-state index is 11.7. The lowest BCUT2D eigenvalue weighted by Crippen LogP contribution is -2.55. The van der Waals surface area contributed by atoms with Crippen LogP contribution in [0.25, 0.3) is 11.0 Å². The van der Waals surface area contributed by atoms with E-state index in [4.69, 9.17) is 11.6 Å². The largest absolute Gasteiger partial charge is 0.465 e. The van der Waals surface area contributed by atoms with Gasteiger partial charge in [-0.2, -0.15) is 10.1 Å². The first-order valence-corrected chi connectivity index (χ1v) is 8.49. The van der Waals surface area contributed by atoms with E-state index in [1.807, 2.05) is 4.68 Å². The molecule has 0 aromatic carbocycles. The molecule has 7 nitrogen and oxygen atoms in total. The lowest BCUT2D eigenvalue weighted by molar-refractivity contribution is 0.0165. The molecule has 3 rings (SSSR count). The number of amides is 1. The number of likely N-dealkylation sites (tertiary alicyclic amines) is 1. The maximum absolute atomic E-state index is 11.7. The van der Waals surface area contributed by atoms with Crippen LogP contribution < -0.4 is 0 Å². The van der Waals surface area contributed by atoms with Crippen molar-refractivity contribution in [3.05, 3.63) is 17.7 Å². The van der Waals surface area contributed by atoms with Gasteiger partial charge >= 0.3 is 6.09 Å². The number of carbonyl (C=O) groups is 1. The Bertz CT molecular complexity index is 754. The van der Waals surface area contributed by atoms with E-state index in [9.17, 15) is 9.90 Å². The Kier molecular flexibility index (Phi) is 4.38. The second kappa shape index (κ2) is 6.20. The topological polar surface area (TPSA) is 84.1 Å². The first-order valence-electron chi connectivity index (χ1n) is 8.11. The van der Waals surface area contributed by atoms with Crippen molar-refractivity contribution in [2.24, 2.45) is 11.3 Å². The predicted molar refractivity (Wildman–Crippen MR) is 91.0 cm³/mol. The van der Waals surface area contributed by atoms with Crippen LogP contribution in [0.15, 0.2) is 12.4 Å². The number of fused-ring (bicyclic) bond motifs is 1. The molecule has 1 aliphatic heterocycles. The molecular weight excluding hydrogens is 330 g/mol. The number of halogens is 1. The molecule has 8 heteroatoms. The first-order chi connectivity index (χ1) is 11.3. The van der Waals surface area contributed by atoms with Gasteiger partial charge in [0.15, 0.2) is 5.65 Å². The van der Waals surface area contributed by atoms with Gasteiger partial charge in [0.2, 0.25) is 5.28 Å². The van der Waals surface area contributed by atoms with Gasteiger partial charge in [0.1, 0.15) is 0 Å². The SMILES string of the molecule is CC(C)(C)C1C(Cn2ncc3cnc(Cl)nc32)CCCN1C(=O)O. The molecule has 1 saturated heterocycles. The molecule has 3 heterocycles. The van der Waals surface area contributed by atoms with Gasteiger partial charge in [0, 0.05) is 25.3 Å². The van der Waals surface area contributed by atoms with Crippen molar-refractivity contribution < 1.29 is 9.90 Å². The standard InChI is InChI=1S/C16H22ClN5O2/c1-16(2,3)12-10(5-4-6-21(12)15(23)24)9-22-13-11(8-19-22)7-18-14(17)20-13/h7-8,10,12H,4-6,9H2,1-3H3,(H,23,24). The summed E-state index contributed by atoms with van der Waals surface area (Å²) in [5, 5.41) is 15.0. The number of hydrogen-bond acceptors (Lipinski definition) is 4. The van der Waals surface area contributed by atoms with Crippen molar-refractivity contribution in [2.45, 2.75) is 46.2 Å². The average Bonchev–Trinajstić information content (AvgIpc) is 2.88. The molecule has 2 aromatic heterocycles. The summed E-state index contributed by atoms with van der Waals surface area (Å²) in [6.45, 7) is 7.47. The molecule has 2 unspecified atom stereocenters. The summed E-state index contributed by atoms with van der Waals surface area (Å²) in [6, 6.07) is -0.0692. The Morgan fingerprint density at radius 2 is 2.17 bits per heavy atom. The van der Waals surface area contributed by atoms with Crippen molar-refractivity contribution in [3.63, 3.8) is 0 Å². The molecule has 0 aliphatic carbocycles. The number of aromatic nitrogens is 4. The van der Waals surface area contributed by atoms with E-state index in [0.717, 1.165) is 18.2 Å². The highest BCUT2D eigenvalue weighted by Gasteiger charge is 2.41. The number of hydrogen-bond donors (Lipinski definition) is 1.